The van der Waals surface area contributed by atoms with Gasteiger partial charge < -0.3 is 15.1 Å². The molecule has 8 heteroatoms. The standard InChI is InChI=1S/C17H16N4O2S.ClH/c1-10(2)15(22)21-17(24)19-12-3-4-14-13(9-12)20-16(23-14)11-5-7-18-8-6-11;/h3-10H,1-2H3,(H2,19,21,22,24);1H. The van der Waals surface area contributed by atoms with E-state index in [1.54, 1.807) is 26.2 Å². The molecule has 1 amide bonds. The van der Waals surface area contributed by atoms with Crippen molar-refractivity contribution in [2.75, 3.05) is 5.32 Å². The van der Waals surface area contributed by atoms with Gasteiger partial charge in [0.25, 0.3) is 0 Å². The first-order chi connectivity index (χ1) is 11.5. The number of anilines is 1. The van der Waals surface area contributed by atoms with Crippen LogP contribution in [0.15, 0.2) is 47.1 Å². The van der Waals surface area contributed by atoms with Crippen LogP contribution in [0.1, 0.15) is 13.8 Å². The molecule has 0 fully saturated rings. The lowest BCUT2D eigenvalue weighted by Gasteiger charge is -2.10. The zero-order chi connectivity index (χ0) is 17.1. The van der Waals surface area contributed by atoms with E-state index < -0.39 is 0 Å². The Morgan fingerprint density at radius 2 is 1.92 bits per heavy atom. The number of oxazole rings is 1. The monoisotopic (exact) mass is 376 g/mol. The number of hydrogen-bond acceptors (Lipinski definition) is 5. The smallest absolute Gasteiger partial charge is 0.228 e. The second-order valence-electron chi connectivity index (χ2n) is 5.54. The van der Waals surface area contributed by atoms with Crippen molar-refractivity contribution in [3.8, 4) is 11.5 Å². The van der Waals surface area contributed by atoms with Crippen molar-refractivity contribution < 1.29 is 9.21 Å². The number of nitrogens with one attached hydrogen (secondary N) is 2. The zero-order valence-corrected chi connectivity index (χ0v) is 15.3. The van der Waals surface area contributed by atoms with E-state index in [4.69, 9.17) is 16.6 Å². The molecule has 0 bridgehead atoms. The molecule has 0 aliphatic carbocycles. The van der Waals surface area contributed by atoms with Gasteiger partial charge in [0, 0.05) is 29.6 Å². The van der Waals surface area contributed by atoms with E-state index in [9.17, 15) is 4.79 Å². The maximum Gasteiger partial charge on any atom is 0.228 e. The van der Waals surface area contributed by atoms with Crippen molar-refractivity contribution >= 4 is 52.4 Å². The van der Waals surface area contributed by atoms with Gasteiger partial charge >= 0.3 is 0 Å². The number of carbonyl (C=O) groups excluding carboxylic acids is 1. The van der Waals surface area contributed by atoms with E-state index >= 15 is 0 Å². The first-order valence-corrected chi connectivity index (χ1v) is 7.86. The highest BCUT2D eigenvalue weighted by Crippen LogP contribution is 2.25. The molecule has 25 heavy (non-hydrogen) atoms. The molecule has 0 spiro atoms. The number of pyridine rings is 1. The van der Waals surface area contributed by atoms with Crippen molar-refractivity contribution in [3.63, 3.8) is 0 Å². The summed E-state index contributed by atoms with van der Waals surface area (Å²) in [4.78, 5) is 20.1. The first-order valence-electron chi connectivity index (χ1n) is 7.46. The molecule has 0 saturated heterocycles. The molecule has 3 rings (SSSR count). The number of benzene rings is 1. The molecule has 1 aromatic carbocycles. The SMILES string of the molecule is CC(C)C(=O)NC(=S)Nc1ccc2oc(-c3ccncc3)nc2c1.Cl. The summed E-state index contributed by atoms with van der Waals surface area (Å²) in [5.41, 5.74) is 2.95. The molecule has 0 unspecified atom stereocenters. The van der Waals surface area contributed by atoms with E-state index in [0.29, 0.717) is 17.0 Å². The summed E-state index contributed by atoms with van der Waals surface area (Å²) in [6, 6.07) is 9.11. The van der Waals surface area contributed by atoms with Crippen molar-refractivity contribution in [3.05, 3.63) is 42.7 Å². The van der Waals surface area contributed by atoms with Crippen LogP contribution in [0.25, 0.3) is 22.6 Å². The predicted octanol–water partition coefficient (Wildman–Crippen LogP) is 3.78. The third-order valence-corrected chi connectivity index (χ3v) is 3.54. The lowest BCUT2D eigenvalue weighted by molar-refractivity contribution is -0.122. The van der Waals surface area contributed by atoms with Gasteiger partial charge in [0.1, 0.15) is 5.52 Å². The van der Waals surface area contributed by atoms with E-state index in [1.807, 2.05) is 30.3 Å². The van der Waals surface area contributed by atoms with Gasteiger partial charge in [-0.2, -0.15) is 0 Å². The summed E-state index contributed by atoms with van der Waals surface area (Å²) < 4.78 is 5.74. The topological polar surface area (TPSA) is 80.0 Å². The van der Waals surface area contributed by atoms with E-state index in [-0.39, 0.29) is 29.3 Å². The lowest BCUT2D eigenvalue weighted by Crippen LogP contribution is -2.36. The summed E-state index contributed by atoms with van der Waals surface area (Å²) in [5, 5.41) is 5.87. The normalized spacial score (nSPS) is 10.4. The first kappa shape index (κ1) is 18.8. The summed E-state index contributed by atoms with van der Waals surface area (Å²) in [6.45, 7) is 3.61. The van der Waals surface area contributed by atoms with E-state index in [0.717, 1.165) is 11.3 Å². The minimum absolute atomic E-state index is 0. The predicted molar refractivity (Wildman–Crippen MR) is 104 cm³/mol. The Morgan fingerprint density at radius 1 is 1.20 bits per heavy atom. The molecule has 0 saturated carbocycles. The Labute approximate surface area is 156 Å². The number of hydrogen-bond donors (Lipinski definition) is 2. The van der Waals surface area contributed by atoms with Crippen LogP contribution < -0.4 is 10.6 Å². The Hall–Kier alpha value is -2.51. The highest BCUT2D eigenvalue weighted by atomic mass is 35.5. The van der Waals surface area contributed by atoms with Gasteiger partial charge in [-0.3, -0.25) is 9.78 Å². The van der Waals surface area contributed by atoms with Gasteiger partial charge in [0.15, 0.2) is 10.7 Å². The number of amides is 1. The van der Waals surface area contributed by atoms with Crippen LogP contribution in [0.3, 0.4) is 0 Å². The van der Waals surface area contributed by atoms with Crippen molar-refractivity contribution in [2.24, 2.45) is 5.92 Å². The number of aromatic nitrogens is 2. The minimum atomic E-state index is -0.134. The van der Waals surface area contributed by atoms with Gasteiger partial charge in [-0.25, -0.2) is 4.98 Å². The Morgan fingerprint density at radius 3 is 2.60 bits per heavy atom. The third-order valence-electron chi connectivity index (χ3n) is 3.33. The van der Waals surface area contributed by atoms with Crippen LogP contribution in [0.2, 0.25) is 0 Å². The Kier molecular flexibility index (Phi) is 6.06. The molecule has 130 valence electrons. The lowest BCUT2D eigenvalue weighted by atomic mass is 10.2. The molecule has 0 radical (unpaired) electrons. The van der Waals surface area contributed by atoms with Crippen LogP contribution in [0, 0.1) is 5.92 Å². The maximum atomic E-state index is 11.6. The van der Waals surface area contributed by atoms with Crippen molar-refractivity contribution in [1.82, 2.24) is 15.3 Å². The number of thiocarbonyl (C=S) groups is 1. The summed E-state index contributed by atoms with van der Waals surface area (Å²) in [7, 11) is 0. The molecular formula is C17H17ClN4O2S. The fraction of sp³-hybridized carbons (Fsp3) is 0.176. The number of fused-ring (bicyclic) bond motifs is 1. The molecule has 2 aromatic heterocycles. The van der Waals surface area contributed by atoms with Crippen LogP contribution >= 0.6 is 24.6 Å². The van der Waals surface area contributed by atoms with E-state index in [2.05, 4.69) is 20.6 Å². The highest BCUT2D eigenvalue weighted by Gasteiger charge is 2.11. The van der Waals surface area contributed by atoms with Crippen LogP contribution in [-0.4, -0.2) is 21.0 Å². The average molecular weight is 377 g/mol. The fourth-order valence-corrected chi connectivity index (χ4v) is 2.26. The summed E-state index contributed by atoms with van der Waals surface area (Å²) >= 11 is 5.14. The second kappa shape index (κ2) is 8.04. The van der Waals surface area contributed by atoms with Crippen LogP contribution in [0.4, 0.5) is 5.69 Å². The molecule has 0 aliphatic rings. The van der Waals surface area contributed by atoms with Crippen LogP contribution in [0.5, 0.6) is 0 Å². The summed E-state index contributed by atoms with van der Waals surface area (Å²) in [5.74, 6) is 0.265. The van der Waals surface area contributed by atoms with Crippen molar-refractivity contribution in [1.29, 1.82) is 0 Å². The van der Waals surface area contributed by atoms with E-state index in [1.165, 1.54) is 0 Å². The third kappa shape index (κ3) is 4.52. The molecular weight excluding hydrogens is 360 g/mol. The Bertz CT molecular complexity index is 896. The molecule has 3 aromatic rings. The number of rotatable bonds is 3. The molecule has 2 N–H and O–H groups in total. The second-order valence-corrected chi connectivity index (χ2v) is 5.94. The quantitative estimate of drug-likeness (QED) is 0.677. The fourth-order valence-electron chi connectivity index (χ4n) is 2.04. The molecule has 0 aliphatic heterocycles. The number of carbonyl (C=O) groups is 1. The van der Waals surface area contributed by atoms with Crippen LogP contribution in [-0.2, 0) is 4.79 Å². The molecule has 6 nitrogen and oxygen atoms in total. The highest BCUT2D eigenvalue weighted by molar-refractivity contribution is 7.80. The van der Waals surface area contributed by atoms with Gasteiger partial charge in [-0.1, -0.05) is 13.8 Å². The average Bonchev–Trinajstić information content (AvgIpc) is 2.98. The molecule has 0 atom stereocenters. The van der Waals surface area contributed by atoms with Crippen molar-refractivity contribution in [2.45, 2.75) is 13.8 Å². The number of halogens is 1. The number of nitrogens with zero attached hydrogens (tertiary/aromatic N) is 2. The minimum Gasteiger partial charge on any atom is -0.436 e. The summed E-state index contributed by atoms with van der Waals surface area (Å²) in [6.07, 6.45) is 3.38. The van der Waals surface area contributed by atoms with Gasteiger partial charge in [-0.15, -0.1) is 12.4 Å². The largest absolute Gasteiger partial charge is 0.436 e. The van der Waals surface area contributed by atoms with Gasteiger partial charge in [0.2, 0.25) is 11.8 Å². The molecule has 2 heterocycles. The zero-order valence-electron chi connectivity index (χ0n) is 13.6. The van der Waals surface area contributed by atoms with Gasteiger partial charge in [0.05, 0.1) is 0 Å². The Balaban J connectivity index is 0.00000225. The van der Waals surface area contributed by atoms with Gasteiger partial charge in [-0.05, 0) is 42.5 Å². The maximum absolute atomic E-state index is 11.6.